The fourth-order valence-corrected chi connectivity index (χ4v) is 4.77. The Morgan fingerprint density at radius 1 is 0.933 bits per heavy atom. The Labute approximate surface area is 175 Å². The van der Waals surface area contributed by atoms with Gasteiger partial charge in [-0.05, 0) is 24.3 Å². The highest BCUT2D eigenvalue weighted by atomic mass is 32.2. The van der Waals surface area contributed by atoms with Crippen LogP contribution in [0, 0.1) is 0 Å². The van der Waals surface area contributed by atoms with Crippen LogP contribution in [0.15, 0.2) is 41.3 Å². The van der Waals surface area contributed by atoms with Crippen molar-refractivity contribution in [3.63, 3.8) is 0 Å². The van der Waals surface area contributed by atoms with Crippen LogP contribution in [0.25, 0.3) is 0 Å². The third kappa shape index (κ3) is 4.09. The number of sulfone groups is 1. The van der Waals surface area contributed by atoms with Crippen LogP contribution < -0.4 is 24.3 Å². The fraction of sp³-hybridized carbons (Fsp3) is 0.350. The maximum Gasteiger partial charge on any atom is 0.321 e. The zero-order chi connectivity index (χ0) is 21.9. The molecule has 0 saturated carbocycles. The van der Waals surface area contributed by atoms with Gasteiger partial charge < -0.3 is 29.2 Å². The molecule has 1 saturated heterocycles. The molecule has 2 aromatic rings. The van der Waals surface area contributed by atoms with Crippen LogP contribution in [-0.2, 0) is 9.84 Å². The summed E-state index contributed by atoms with van der Waals surface area (Å²) in [6.07, 6.45) is 0. The van der Waals surface area contributed by atoms with Gasteiger partial charge in [-0.1, -0.05) is 0 Å². The monoisotopic (exact) mass is 436 g/mol. The lowest BCUT2D eigenvalue weighted by molar-refractivity contribution is 0.182. The molecule has 10 heteroatoms. The quantitative estimate of drug-likeness (QED) is 0.711. The summed E-state index contributed by atoms with van der Waals surface area (Å²) in [6, 6.07) is 9.00. The number of nitrogens with one attached hydrogen (secondary N) is 1. The van der Waals surface area contributed by atoms with E-state index >= 15 is 0 Å². The molecular formula is C20H24N2O7S. The number of methoxy groups -OCH3 is 4. The minimum atomic E-state index is -3.53. The highest BCUT2D eigenvalue weighted by Crippen LogP contribution is 2.40. The van der Waals surface area contributed by atoms with Gasteiger partial charge in [-0.3, -0.25) is 0 Å². The Morgan fingerprint density at radius 2 is 1.50 bits per heavy atom. The van der Waals surface area contributed by atoms with E-state index in [4.69, 9.17) is 18.9 Å². The third-order valence-corrected chi connectivity index (χ3v) is 6.98. The summed E-state index contributed by atoms with van der Waals surface area (Å²) >= 11 is 0. The molecule has 0 aliphatic carbocycles. The van der Waals surface area contributed by atoms with Crippen molar-refractivity contribution in [2.75, 3.05) is 46.8 Å². The van der Waals surface area contributed by atoms with Crippen molar-refractivity contribution in [3.8, 4) is 23.0 Å². The number of nitrogens with zero attached hydrogens (tertiary/aromatic N) is 1. The van der Waals surface area contributed by atoms with E-state index in [9.17, 15) is 13.2 Å². The first-order valence-corrected chi connectivity index (χ1v) is 10.6. The van der Waals surface area contributed by atoms with Gasteiger partial charge in [0.15, 0.2) is 21.3 Å². The second-order valence-electron chi connectivity index (χ2n) is 6.59. The van der Waals surface area contributed by atoms with Gasteiger partial charge in [0.25, 0.3) is 0 Å². The van der Waals surface area contributed by atoms with E-state index in [1.807, 2.05) is 0 Å². The first kappa shape index (κ1) is 21.6. The van der Waals surface area contributed by atoms with E-state index in [1.54, 1.807) is 24.3 Å². The van der Waals surface area contributed by atoms with Crippen molar-refractivity contribution in [1.82, 2.24) is 4.90 Å². The smallest absolute Gasteiger partial charge is 0.321 e. The molecule has 0 radical (unpaired) electrons. The summed E-state index contributed by atoms with van der Waals surface area (Å²) in [7, 11) is 2.43. The number of amides is 2. The van der Waals surface area contributed by atoms with Crippen LogP contribution in [0.3, 0.4) is 0 Å². The van der Waals surface area contributed by atoms with E-state index in [-0.39, 0.29) is 18.0 Å². The number of carbonyl (C=O) groups excluding carboxylic acids is 1. The van der Waals surface area contributed by atoms with Crippen LogP contribution >= 0.6 is 0 Å². The number of urea groups is 1. The van der Waals surface area contributed by atoms with E-state index in [0.29, 0.717) is 28.7 Å². The van der Waals surface area contributed by atoms with Crippen LogP contribution in [0.5, 0.6) is 23.0 Å². The van der Waals surface area contributed by atoms with Gasteiger partial charge in [0.1, 0.15) is 11.0 Å². The number of anilines is 1. The molecule has 1 N–H and O–H groups in total. The molecule has 0 aromatic heterocycles. The van der Waals surface area contributed by atoms with Crippen molar-refractivity contribution >= 4 is 21.6 Å². The summed E-state index contributed by atoms with van der Waals surface area (Å²) < 4.78 is 46.3. The molecule has 3 rings (SSSR count). The first-order valence-electron chi connectivity index (χ1n) is 9.08. The number of hydrogen-bond donors (Lipinski definition) is 1. The highest BCUT2D eigenvalue weighted by Gasteiger charge is 2.40. The Bertz CT molecular complexity index is 991. The molecule has 0 atom stereocenters. The SMILES string of the molecule is COc1ccc(S(=O)(=O)C2CN(C(=O)Nc3cc(OC)c(OC)c(OC)c3)C2)cc1. The molecule has 2 amide bonds. The second-order valence-corrected chi connectivity index (χ2v) is 8.82. The molecule has 1 fully saturated rings. The lowest BCUT2D eigenvalue weighted by atomic mass is 10.2. The molecule has 30 heavy (non-hydrogen) atoms. The van der Waals surface area contributed by atoms with Crippen LogP contribution in [0.4, 0.5) is 10.5 Å². The highest BCUT2D eigenvalue weighted by molar-refractivity contribution is 7.92. The molecule has 1 heterocycles. The van der Waals surface area contributed by atoms with E-state index < -0.39 is 21.1 Å². The molecular weight excluding hydrogens is 412 g/mol. The van der Waals surface area contributed by atoms with Gasteiger partial charge in [0, 0.05) is 25.2 Å². The van der Waals surface area contributed by atoms with Crippen LogP contribution in [0.1, 0.15) is 0 Å². The maximum atomic E-state index is 12.7. The maximum absolute atomic E-state index is 12.7. The van der Waals surface area contributed by atoms with Gasteiger partial charge in [-0.25, -0.2) is 13.2 Å². The molecule has 2 aromatic carbocycles. The van der Waals surface area contributed by atoms with Gasteiger partial charge in [-0.15, -0.1) is 0 Å². The molecule has 0 spiro atoms. The van der Waals surface area contributed by atoms with Crippen molar-refractivity contribution in [2.24, 2.45) is 0 Å². The summed E-state index contributed by atoms with van der Waals surface area (Å²) in [5.74, 6) is 1.79. The topological polar surface area (TPSA) is 103 Å². The number of hydrogen-bond acceptors (Lipinski definition) is 7. The number of benzene rings is 2. The average molecular weight is 436 g/mol. The molecule has 1 aliphatic heterocycles. The third-order valence-electron chi connectivity index (χ3n) is 4.88. The number of rotatable bonds is 7. The van der Waals surface area contributed by atoms with E-state index in [0.717, 1.165) is 0 Å². The zero-order valence-corrected chi connectivity index (χ0v) is 18.0. The van der Waals surface area contributed by atoms with E-state index in [2.05, 4.69) is 5.32 Å². The molecule has 1 aliphatic rings. The predicted molar refractivity (Wildman–Crippen MR) is 111 cm³/mol. The van der Waals surface area contributed by atoms with Crippen molar-refractivity contribution in [1.29, 1.82) is 0 Å². The van der Waals surface area contributed by atoms with Crippen LogP contribution in [-0.4, -0.2) is 66.1 Å². The number of likely N-dealkylation sites (tertiary alicyclic amines) is 1. The van der Waals surface area contributed by atoms with Crippen molar-refractivity contribution < 1.29 is 32.2 Å². The number of carbonyl (C=O) groups is 1. The zero-order valence-electron chi connectivity index (χ0n) is 17.2. The Morgan fingerprint density at radius 3 is 1.97 bits per heavy atom. The Balaban J connectivity index is 1.66. The number of ether oxygens (including phenoxy) is 4. The molecule has 0 unspecified atom stereocenters. The average Bonchev–Trinajstić information content (AvgIpc) is 2.71. The lowest BCUT2D eigenvalue weighted by Gasteiger charge is -2.38. The fourth-order valence-electron chi connectivity index (χ4n) is 3.11. The van der Waals surface area contributed by atoms with Gasteiger partial charge in [0.05, 0.1) is 39.0 Å². The summed E-state index contributed by atoms with van der Waals surface area (Å²) in [5, 5.41) is 2.08. The molecule has 0 bridgehead atoms. The van der Waals surface area contributed by atoms with Gasteiger partial charge in [-0.2, -0.15) is 0 Å². The Kier molecular flexibility index (Phi) is 6.25. The standard InChI is InChI=1S/C20H24N2O7S/c1-26-14-5-7-15(8-6-14)30(24,25)16-11-22(12-16)20(23)21-13-9-17(27-2)19(29-4)18(10-13)28-3/h5-10,16H,11-12H2,1-4H3,(H,21,23). The largest absolute Gasteiger partial charge is 0.497 e. The molecule has 9 nitrogen and oxygen atoms in total. The normalized spacial score (nSPS) is 13.9. The molecule has 162 valence electrons. The van der Waals surface area contributed by atoms with E-state index in [1.165, 1.54) is 45.5 Å². The Hall–Kier alpha value is -3.14. The van der Waals surface area contributed by atoms with Gasteiger partial charge >= 0.3 is 6.03 Å². The minimum absolute atomic E-state index is 0.102. The van der Waals surface area contributed by atoms with Gasteiger partial charge in [0.2, 0.25) is 5.75 Å². The summed E-state index contributed by atoms with van der Waals surface area (Å²) in [5.41, 5.74) is 0.441. The van der Waals surface area contributed by atoms with Crippen molar-refractivity contribution in [3.05, 3.63) is 36.4 Å². The first-order chi connectivity index (χ1) is 14.3. The minimum Gasteiger partial charge on any atom is -0.497 e. The second kappa shape index (κ2) is 8.70. The van der Waals surface area contributed by atoms with Crippen LogP contribution in [0.2, 0.25) is 0 Å². The predicted octanol–water partition coefficient (Wildman–Crippen LogP) is 2.41. The summed E-state index contributed by atoms with van der Waals surface area (Å²) in [6.45, 7) is 0.204. The lowest BCUT2D eigenvalue weighted by Crippen LogP contribution is -2.58. The summed E-state index contributed by atoms with van der Waals surface area (Å²) in [4.78, 5) is 14.2. The van der Waals surface area contributed by atoms with Crippen molar-refractivity contribution in [2.45, 2.75) is 10.1 Å².